The average molecular weight is 244 g/mol. The summed E-state index contributed by atoms with van der Waals surface area (Å²) in [4.78, 5) is 11.3. The molecule has 0 bridgehead atoms. The first-order chi connectivity index (χ1) is 8.41. The van der Waals surface area contributed by atoms with E-state index in [2.05, 4.69) is 10.2 Å². The number of aromatic amines is 1. The van der Waals surface area contributed by atoms with Crippen molar-refractivity contribution < 1.29 is 9.90 Å². The Morgan fingerprint density at radius 2 is 1.72 bits per heavy atom. The highest BCUT2D eigenvalue weighted by atomic mass is 16.4. The molecule has 2 rings (SSSR count). The summed E-state index contributed by atoms with van der Waals surface area (Å²) in [5, 5.41) is 16.2. The van der Waals surface area contributed by atoms with Gasteiger partial charge in [0, 0.05) is 11.3 Å². The summed E-state index contributed by atoms with van der Waals surface area (Å²) in [6, 6.07) is 4.08. The van der Waals surface area contributed by atoms with E-state index in [0.717, 1.165) is 22.3 Å². The van der Waals surface area contributed by atoms with E-state index in [1.54, 1.807) is 6.92 Å². The Bertz CT molecular complexity index is 604. The van der Waals surface area contributed by atoms with E-state index >= 15 is 0 Å². The van der Waals surface area contributed by atoms with Crippen LogP contribution in [0.4, 0.5) is 0 Å². The molecule has 0 amide bonds. The second-order valence-electron chi connectivity index (χ2n) is 4.65. The number of hydrogen-bond donors (Lipinski definition) is 2. The second kappa shape index (κ2) is 4.29. The van der Waals surface area contributed by atoms with Crippen LogP contribution in [-0.2, 0) is 0 Å². The van der Waals surface area contributed by atoms with Crippen LogP contribution in [-0.4, -0.2) is 21.3 Å². The van der Waals surface area contributed by atoms with Crippen LogP contribution in [0.1, 0.15) is 32.7 Å². The van der Waals surface area contributed by atoms with Gasteiger partial charge in [-0.3, -0.25) is 5.10 Å². The first-order valence-electron chi connectivity index (χ1n) is 5.78. The molecule has 18 heavy (non-hydrogen) atoms. The maximum atomic E-state index is 11.3. The molecule has 0 saturated carbocycles. The molecule has 0 aliphatic rings. The number of benzene rings is 1. The molecular weight excluding hydrogens is 228 g/mol. The van der Waals surface area contributed by atoms with Crippen LogP contribution in [0.5, 0.6) is 0 Å². The lowest BCUT2D eigenvalue weighted by Crippen LogP contribution is -2.01. The van der Waals surface area contributed by atoms with Gasteiger partial charge in [0.2, 0.25) is 0 Å². The Labute approximate surface area is 106 Å². The number of H-pyrrole nitrogens is 1. The minimum Gasteiger partial charge on any atom is -0.478 e. The molecule has 2 N–H and O–H groups in total. The molecular formula is C14H16N2O2. The first-order valence-corrected chi connectivity index (χ1v) is 5.78. The Kier molecular flexibility index (Phi) is 2.95. The zero-order valence-electron chi connectivity index (χ0n) is 11.0. The number of carboxylic acids is 1. The summed E-state index contributed by atoms with van der Waals surface area (Å²) in [5.74, 6) is -0.948. The summed E-state index contributed by atoms with van der Waals surface area (Å²) in [6.45, 7) is 7.70. The van der Waals surface area contributed by atoms with Gasteiger partial charge in [-0.05, 0) is 38.8 Å². The Morgan fingerprint density at radius 3 is 2.22 bits per heavy atom. The van der Waals surface area contributed by atoms with Crippen LogP contribution in [0.25, 0.3) is 11.3 Å². The Balaban J connectivity index is 2.74. The maximum Gasteiger partial charge on any atom is 0.339 e. The van der Waals surface area contributed by atoms with Crippen LogP contribution in [0.15, 0.2) is 12.1 Å². The molecule has 0 radical (unpaired) electrons. The third kappa shape index (κ3) is 1.90. The number of aromatic nitrogens is 2. The van der Waals surface area contributed by atoms with Gasteiger partial charge in [0.25, 0.3) is 0 Å². The lowest BCUT2D eigenvalue weighted by atomic mass is 9.95. The highest BCUT2D eigenvalue weighted by Gasteiger charge is 2.21. The summed E-state index contributed by atoms with van der Waals surface area (Å²) in [5.41, 5.74) is 5.51. The molecule has 0 atom stereocenters. The first kappa shape index (κ1) is 12.4. The summed E-state index contributed by atoms with van der Waals surface area (Å²) < 4.78 is 0. The van der Waals surface area contributed by atoms with Gasteiger partial charge in [0.15, 0.2) is 0 Å². The predicted octanol–water partition coefficient (Wildman–Crippen LogP) is 3.01. The zero-order chi connectivity index (χ0) is 13.4. The molecule has 4 heteroatoms. The van der Waals surface area contributed by atoms with Gasteiger partial charge in [0.05, 0.1) is 0 Å². The molecule has 94 valence electrons. The molecule has 0 unspecified atom stereocenters. The van der Waals surface area contributed by atoms with E-state index in [1.165, 1.54) is 0 Å². The summed E-state index contributed by atoms with van der Waals surface area (Å²) in [7, 11) is 0. The van der Waals surface area contributed by atoms with E-state index in [-0.39, 0.29) is 5.56 Å². The van der Waals surface area contributed by atoms with Gasteiger partial charge in [0.1, 0.15) is 11.3 Å². The van der Waals surface area contributed by atoms with Gasteiger partial charge in [-0.2, -0.15) is 5.10 Å². The number of carbonyl (C=O) groups is 1. The molecule has 1 heterocycles. The monoisotopic (exact) mass is 244 g/mol. The predicted molar refractivity (Wildman–Crippen MR) is 69.9 cm³/mol. The van der Waals surface area contributed by atoms with Crippen molar-refractivity contribution in [3.63, 3.8) is 0 Å². The summed E-state index contributed by atoms with van der Waals surface area (Å²) in [6.07, 6.45) is 0. The summed E-state index contributed by atoms with van der Waals surface area (Å²) >= 11 is 0. The van der Waals surface area contributed by atoms with Gasteiger partial charge in [-0.1, -0.05) is 17.7 Å². The molecule has 0 fully saturated rings. The quantitative estimate of drug-likeness (QED) is 0.853. The van der Waals surface area contributed by atoms with Crippen LogP contribution >= 0.6 is 0 Å². The van der Waals surface area contributed by atoms with Gasteiger partial charge in [-0.25, -0.2) is 4.79 Å². The fraction of sp³-hybridized carbons (Fsp3) is 0.286. The van der Waals surface area contributed by atoms with Crippen molar-refractivity contribution in [3.8, 4) is 11.3 Å². The van der Waals surface area contributed by atoms with Crippen molar-refractivity contribution in [1.29, 1.82) is 0 Å². The molecule has 2 aromatic rings. The fourth-order valence-corrected chi connectivity index (χ4v) is 2.43. The number of nitrogens with zero attached hydrogens (tertiary/aromatic N) is 1. The van der Waals surface area contributed by atoms with Crippen molar-refractivity contribution >= 4 is 5.97 Å². The van der Waals surface area contributed by atoms with Gasteiger partial charge < -0.3 is 5.11 Å². The molecule has 4 nitrogen and oxygen atoms in total. The smallest absolute Gasteiger partial charge is 0.339 e. The SMILES string of the molecule is Cc1cc(C)c(-c2n[nH]c(C)c2C(=O)O)c(C)c1. The standard InChI is InChI=1S/C14H16N2O2/c1-7-5-8(2)11(9(3)6-7)13-12(14(17)18)10(4)15-16-13/h5-6H,1-4H3,(H,15,16)(H,17,18). The van der Waals surface area contributed by atoms with Crippen molar-refractivity contribution in [3.05, 3.63) is 40.1 Å². The third-order valence-corrected chi connectivity index (χ3v) is 3.07. The maximum absolute atomic E-state index is 11.3. The largest absolute Gasteiger partial charge is 0.478 e. The topological polar surface area (TPSA) is 66.0 Å². The molecule has 0 aliphatic heterocycles. The molecule has 0 spiro atoms. The van der Waals surface area contributed by atoms with Gasteiger partial charge >= 0.3 is 5.97 Å². The molecule has 1 aromatic carbocycles. The van der Waals surface area contributed by atoms with Gasteiger partial charge in [-0.15, -0.1) is 0 Å². The number of rotatable bonds is 2. The number of carboxylic acid groups (broad SMARTS) is 1. The highest BCUT2D eigenvalue weighted by molar-refractivity contribution is 5.96. The highest BCUT2D eigenvalue weighted by Crippen LogP contribution is 2.30. The van der Waals surface area contributed by atoms with Crippen LogP contribution in [0.2, 0.25) is 0 Å². The third-order valence-electron chi connectivity index (χ3n) is 3.07. The minimum absolute atomic E-state index is 0.255. The molecule has 0 saturated heterocycles. The number of hydrogen-bond acceptors (Lipinski definition) is 2. The van der Waals surface area contributed by atoms with Crippen molar-refractivity contribution in [1.82, 2.24) is 10.2 Å². The van der Waals surface area contributed by atoms with E-state index < -0.39 is 5.97 Å². The Hall–Kier alpha value is -2.10. The zero-order valence-corrected chi connectivity index (χ0v) is 11.0. The van der Waals surface area contributed by atoms with Crippen molar-refractivity contribution in [2.75, 3.05) is 0 Å². The normalized spacial score (nSPS) is 10.7. The number of aryl methyl sites for hydroxylation is 4. The van der Waals surface area contributed by atoms with Crippen molar-refractivity contribution in [2.45, 2.75) is 27.7 Å². The second-order valence-corrected chi connectivity index (χ2v) is 4.65. The van der Waals surface area contributed by atoms with E-state index in [9.17, 15) is 9.90 Å². The number of aromatic carboxylic acids is 1. The van der Waals surface area contributed by atoms with Crippen LogP contribution in [0, 0.1) is 27.7 Å². The lowest BCUT2D eigenvalue weighted by Gasteiger charge is -2.10. The average Bonchev–Trinajstić information content (AvgIpc) is 2.58. The van der Waals surface area contributed by atoms with E-state index in [4.69, 9.17) is 0 Å². The van der Waals surface area contributed by atoms with Crippen molar-refractivity contribution in [2.24, 2.45) is 0 Å². The fourth-order valence-electron chi connectivity index (χ4n) is 2.43. The lowest BCUT2D eigenvalue weighted by molar-refractivity contribution is 0.0697. The van der Waals surface area contributed by atoms with E-state index in [1.807, 2.05) is 32.9 Å². The molecule has 1 aromatic heterocycles. The number of nitrogens with one attached hydrogen (secondary N) is 1. The molecule has 0 aliphatic carbocycles. The Morgan fingerprint density at radius 1 is 1.17 bits per heavy atom. The van der Waals surface area contributed by atoms with E-state index in [0.29, 0.717) is 11.4 Å². The minimum atomic E-state index is -0.948. The van der Waals surface area contributed by atoms with Crippen LogP contribution in [0.3, 0.4) is 0 Å². The van der Waals surface area contributed by atoms with Crippen LogP contribution < -0.4 is 0 Å².